The van der Waals surface area contributed by atoms with Crippen molar-refractivity contribution in [2.45, 2.75) is 26.7 Å². The summed E-state index contributed by atoms with van der Waals surface area (Å²) in [5, 5.41) is 8.85. The quantitative estimate of drug-likeness (QED) is 0.755. The second-order valence-corrected chi connectivity index (χ2v) is 3.35. The minimum absolute atomic E-state index is 0.417. The average Bonchev–Trinajstić information content (AvgIpc) is 2.08. The van der Waals surface area contributed by atoms with Gasteiger partial charge in [-0.05, 0) is 37.5 Å². The van der Waals surface area contributed by atoms with E-state index < -0.39 is 11.9 Å². The van der Waals surface area contributed by atoms with E-state index in [1.54, 1.807) is 6.92 Å². The third-order valence-electron chi connectivity index (χ3n) is 2.48. The van der Waals surface area contributed by atoms with Gasteiger partial charge < -0.3 is 5.11 Å². The van der Waals surface area contributed by atoms with Crippen LogP contribution in [-0.4, -0.2) is 11.1 Å². The van der Waals surface area contributed by atoms with Gasteiger partial charge in [0.05, 0.1) is 5.92 Å². The molecule has 0 aliphatic carbocycles. The van der Waals surface area contributed by atoms with Crippen LogP contribution < -0.4 is 0 Å². The first kappa shape index (κ1) is 9.78. The number of carboxylic acid groups (broad SMARTS) is 1. The molecule has 1 aromatic carbocycles. The van der Waals surface area contributed by atoms with E-state index in [1.165, 1.54) is 0 Å². The number of hydrogen-bond donors (Lipinski definition) is 1. The monoisotopic (exact) mass is 178 g/mol. The molecule has 13 heavy (non-hydrogen) atoms. The number of aliphatic carboxylic acids is 1. The molecule has 0 unspecified atom stereocenters. The van der Waals surface area contributed by atoms with Crippen molar-refractivity contribution in [3.63, 3.8) is 0 Å². The zero-order chi connectivity index (χ0) is 10.0. The lowest BCUT2D eigenvalue weighted by Crippen LogP contribution is -2.09. The first-order chi connectivity index (χ1) is 6.04. The Balaban J connectivity index is 3.15. The van der Waals surface area contributed by atoms with E-state index in [1.807, 2.05) is 32.0 Å². The molecule has 0 aliphatic heterocycles. The topological polar surface area (TPSA) is 37.3 Å². The molecular formula is C11H14O2. The Labute approximate surface area is 78.2 Å². The molecule has 0 fully saturated rings. The maximum atomic E-state index is 10.8. The Bertz CT molecular complexity index is 329. The summed E-state index contributed by atoms with van der Waals surface area (Å²) in [4.78, 5) is 10.8. The lowest BCUT2D eigenvalue weighted by Gasteiger charge is -2.11. The van der Waals surface area contributed by atoms with Crippen molar-refractivity contribution in [2.75, 3.05) is 0 Å². The molecule has 70 valence electrons. The zero-order valence-corrected chi connectivity index (χ0v) is 8.16. The van der Waals surface area contributed by atoms with E-state index in [4.69, 9.17) is 5.11 Å². The molecule has 0 aliphatic rings. The van der Waals surface area contributed by atoms with Crippen LogP contribution in [0.2, 0.25) is 0 Å². The van der Waals surface area contributed by atoms with Crippen LogP contribution in [0, 0.1) is 13.8 Å². The smallest absolute Gasteiger partial charge is 0.310 e. The average molecular weight is 178 g/mol. The first-order valence-electron chi connectivity index (χ1n) is 4.33. The number of rotatable bonds is 2. The molecule has 1 N–H and O–H groups in total. The number of benzene rings is 1. The highest BCUT2D eigenvalue weighted by Gasteiger charge is 2.15. The van der Waals surface area contributed by atoms with Gasteiger partial charge in [0.25, 0.3) is 0 Å². The minimum Gasteiger partial charge on any atom is -0.481 e. The van der Waals surface area contributed by atoms with Crippen LogP contribution in [0.25, 0.3) is 0 Å². The molecule has 0 saturated carbocycles. The lowest BCUT2D eigenvalue weighted by molar-refractivity contribution is -0.138. The fourth-order valence-electron chi connectivity index (χ4n) is 1.38. The number of aryl methyl sites for hydroxylation is 1. The van der Waals surface area contributed by atoms with E-state index in [0.29, 0.717) is 0 Å². The predicted molar refractivity (Wildman–Crippen MR) is 52.0 cm³/mol. The van der Waals surface area contributed by atoms with Crippen molar-refractivity contribution < 1.29 is 9.90 Å². The maximum Gasteiger partial charge on any atom is 0.310 e. The van der Waals surface area contributed by atoms with Crippen LogP contribution in [0.1, 0.15) is 29.5 Å². The fraction of sp³-hybridized carbons (Fsp3) is 0.364. The van der Waals surface area contributed by atoms with Crippen molar-refractivity contribution in [3.8, 4) is 0 Å². The van der Waals surface area contributed by atoms with Crippen LogP contribution >= 0.6 is 0 Å². The molecule has 1 aromatic rings. The molecule has 2 heteroatoms. The summed E-state index contributed by atoms with van der Waals surface area (Å²) in [6.07, 6.45) is 0. The Hall–Kier alpha value is -1.31. The molecule has 0 saturated heterocycles. The van der Waals surface area contributed by atoms with Crippen molar-refractivity contribution in [3.05, 3.63) is 34.9 Å². The lowest BCUT2D eigenvalue weighted by atomic mass is 9.94. The van der Waals surface area contributed by atoms with Crippen LogP contribution in [0.4, 0.5) is 0 Å². The largest absolute Gasteiger partial charge is 0.481 e. The molecule has 0 spiro atoms. The van der Waals surface area contributed by atoms with Crippen molar-refractivity contribution in [1.82, 2.24) is 0 Å². The van der Waals surface area contributed by atoms with Crippen LogP contribution in [0.3, 0.4) is 0 Å². The highest BCUT2D eigenvalue weighted by molar-refractivity contribution is 5.76. The summed E-state index contributed by atoms with van der Waals surface area (Å²) < 4.78 is 0. The first-order valence-corrected chi connectivity index (χ1v) is 4.33. The van der Waals surface area contributed by atoms with Gasteiger partial charge in [-0.1, -0.05) is 18.2 Å². The van der Waals surface area contributed by atoms with Gasteiger partial charge in [0.2, 0.25) is 0 Å². The number of hydrogen-bond acceptors (Lipinski definition) is 1. The molecule has 0 heterocycles. The summed E-state index contributed by atoms with van der Waals surface area (Å²) in [6, 6.07) is 5.77. The molecule has 1 rings (SSSR count). The van der Waals surface area contributed by atoms with Crippen molar-refractivity contribution in [1.29, 1.82) is 0 Å². The second-order valence-electron chi connectivity index (χ2n) is 3.35. The van der Waals surface area contributed by atoms with Crippen LogP contribution in [-0.2, 0) is 4.79 Å². The molecule has 0 bridgehead atoms. The van der Waals surface area contributed by atoms with Gasteiger partial charge in [-0.3, -0.25) is 4.79 Å². The maximum absolute atomic E-state index is 10.8. The van der Waals surface area contributed by atoms with E-state index >= 15 is 0 Å². The third-order valence-corrected chi connectivity index (χ3v) is 2.48. The molecule has 0 aromatic heterocycles. The summed E-state index contributed by atoms with van der Waals surface area (Å²) in [6.45, 7) is 5.67. The van der Waals surface area contributed by atoms with Crippen molar-refractivity contribution in [2.24, 2.45) is 0 Å². The standard InChI is InChI=1S/C11H14O2/c1-7-5-4-6-10(8(7)2)9(3)11(12)13/h4-6,9H,1-3H3,(H,12,13)/t9-/m0/s1. The summed E-state index contributed by atoms with van der Waals surface area (Å²) in [5.41, 5.74) is 3.13. The molecule has 1 atom stereocenters. The third kappa shape index (κ3) is 1.89. The van der Waals surface area contributed by atoms with Crippen LogP contribution in [0.15, 0.2) is 18.2 Å². The van der Waals surface area contributed by atoms with Gasteiger partial charge in [-0.2, -0.15) is 0 Å². The molecular weight excluding hydrogens is 164 g/mol. The number of carboxylic acids is 1. The van der Waals surface area contributed by atoms with E-state index in [9.17, 15) is 4.79 Å². The minimum atomic E-state index is -0.770. The summed E-state index contributed by atoms with van der Waals surface area (Å²) in [7, 11) is 0. The Morgan fingerprint density at radius 1 is 1.38 bits per heavy atom. The molecule has 2 nitrogen and oxygen atoms in total. The highest BCUT2D eigenvalue weighted by Crippen LogP contribution is 2.21. The Kier molecular flexibility index (Phi) is 2.71. The predicted octanol–water partition coefficient (Wildman–Crippen LogP) is 2.49. The van der Waals surface area contributed by atoms with Gasteiger partial charge >= 0.3 is 5.97 Å². The Morgan fingerprint density at radius 2 is 2.00 bits per heavy atom. The number of carbonyl (C=O) groups is 1. The van der Waals surface area contributed by atoms with E-state index in [-0.39, 0.29) is 0 Å². The van der Waals surface area contributed by atoms with Gasteiger partial charge in [-0.15, -0.1) is 0 Å². The Morgan fingerprint density at radius 3 is 2.54 bits per heavy atom. The zero-order valence-electron chi connectivity index (χ0n) is 8.16. The van der Waals surface area contributed by atoms with E-state index in [0.717, 1.165) is 16.7 Å². The summed E-state index contributed by atoms with van der Waals surface area (Å²) in [5.74, 6) is -1.19. The van der Waals surface area contributed by atoms with Crippen molar-refractivity contribution >= 4 is 5.97 Å². The van der Waals surface area contributed by atoms with Gasteiger partial charge in [0.15, 0.2) is 0 Å². The molecule has 0 radical (unpaired) electrons. The second kappa shape index (κ2) is 3.60. The van der Waals surface area contributed by atoms with Gasteiger partial charge in [0.1, 0.15) is 0 Å². The highest BCUT2D eigenvalue weighted by atomic mass is 16.4. The van der Waals surface area contributed by atoms with Gasteiger partial charge in [0, 0.05) is 0 Å². The van der Waals surface area contributed by atoms with Gasteiger partial charge in [-0.25, -0.2) is 0 Å². The van der Waals surface area contributed by atoms with E-state index in [2.05, 4.69) is 0 Å². The van der Waals surface area contributed by atoms with Crippen LogP contribution in [0.5, 0.6) is 0 Å². The summed E-state index contributed by atoms with van der Waals surface area (Å²) >= 11 is 0. The SMILES string of the molecule is Cc1cccc([C@H](C)C(=O)O)c1C. The molecule has 0 amide bonds. The fourth-order valence-corrected chi connectivity index (χ4v) is 1.38. The normalized spacial score (nSPS) is 12.5.